The number of carbonyl (C=O) groups is 3. The van der Waals surface area contributed by atoms with Gasteiger partial charge in [0.15, 0.2) is 6.61 Å². The van der Waals surface area contributed by atoms with Crippen molar-refractivity contribution in [2.24, 2.45) is 0 Å². The van der Waals surface area contributed by atoms with E-state index in [9.17, 15) is 14.4 Å². The number of carbonyl (C=O) groups excluding carboxylic acids is 3. The van der Waals surface area contributed by atoms with Crippen LogP contribution >= 0.6 is 0 Å². The van der Waals surface area contributed by atoms with Gasteiger partial charge in [-0.2, -0.15) is 0 Å². The first-order valence-electron chi connectivity index (χ1n) is 10.7. The summed E-state index contributed by atoms with van der Waals surface area (Å²) >= 11 is 0. The molecule has 0 radical (unpaired) electrons. The number of rotatable bonds is 7. The van der Waals surface area contributed by atoms with Gasteiger partial charge < -0.3 is 14.5 Å². The van der Waals surface area contributed by atoms with Crippen LogP contribution in [0.3, 0.4) is 0 Å². The Morgan fingerprint density at radius 1 is 1.07 bits per heavy atom. The zero-order valence-electron chi connectivity index (χ0n) is 16.8. The largest absolute Gasteiger partial charge is 0.452 e. The Morgan fingerprint density at radius 3 is 2.48 bits per heavy atom. The van der Waals surface area contributed by atoms with Gasteiger partial charge in [-0.3, -0.25) is 9.59 Å². The molecule has 154 valence electrons. The van der Waals surface area contributed by atoms with Gasteiger partial charge in [0, 0.05) is 31.2 Å². The molecule has 1 aromatic carbocycles. The van der Waals surface area contributed by atoms with Crippen LogP contribution in [0.1, 0.15) is 67.3 Å². The number of nitrogens with zero attached hydrogens (tertiary/aromatic N) is 2. The number of likely N-dealkylation sites (tertiary alicyclic amines) is 1. The number of esters is 1. The molecule has 3 aliphatic rings. The van der Waals surface area contributed by atoms with Crippen LogP contribution in [0.4, 0.5) is 0 Å². The molecule has 1 aliphatic heterocycles. The average molecular weight is 396 g/mol. The van der Waals surface area contributed by atoms with E-state index in [0.717, 1.165) is 56.3 Å². The molecule has 2 aliphatic carbocycles. The molecule has 1 saturated heterocycles. The minimum absolute atomic E-state index is 0.127. The van der Waals surface area contributed by atoms with Gasteiger partial charge in [0.05, 0.1) is 5.56 Å². The average Bonchev–Trinajstić information content (AvgIpc) is 3.50. The van der Waals surface area contributed by atoms with Crippen molar-refractivity contribution >= 4 is 17.8 Å². The summed E-state index contributed by atoms with van der Waals surface area (Å²) in [5.74, 6) is -0.436. The van der Waals surface area contributed by atoms with Crippen LogP contribution in [-0.4, -0.2) is 46.8 Å². The van der Waals surface area contributed by atoms with Crippen LogP contribution in [0.5, 0.6) is 0 Å². The number of ether oxygens (including phenoxy) is 1. The molecule has 0 spiro atoms. The Balaban J connectivity index is 1.31. The van der Waals surface area contributed by atoms with Crippen molar-refractivity contribution in [3.05, 3.63) is 47.2 Å². The maximum absolute atomic E-state index is 12.7. The van der Waals surface area contributed by atoms with E-state index < -0.39 is 5.97 Å². The highest BCUT2D eigenvalue weighted by molar-refractivity contribution is 5.91. The minimum atomic E-state index is -0.490. The minimum Gasteiger partial charge on any atom is -0.452 e. The Kier molecular flexibility index (Phi) is 5.97. The van der Waals surface area contributed by atoms with Crippen molar-refractivity contribution < 1.29 is 19.1 Å². The first-order valence-corrected chi connectivity index (χ1v) is 10.7. The van der Waals surface area contributed by atoms with E-state index in [1.807, 2.05) is 21.9 Å². The van der Waals surface area contributed by atoms with E-state index in [-0.39, 0.29) is 24.5 Å². The molecule has 6 nitrogen and oxygen atoms in total. The molecule has 2 amide bonds. The highest BCUT2D eigenvalue weighted by Crippen LogP contribution is 2.33. The molecule has 4 rings (SSSR count). The number of amides is 2. The fourth-order valence-electron chi connectivity index (χ4n) is 4.09. The van der Waals surface area contributed by atoms with Gasteiger partial charge >= 0.3 is 5.97 Å². The van der Waals surface area contributed by atoms with E-state index in [0.29, 0.717) is 18.5 Å². The second-order valence-electron chi connectivity index (χ2n) is 8.13. The van der Waals surface area contributed by atoms with Crippen molar-refractivity contribution in [1.29, 1.82) is 0 Å². The topological polar surface area (TPSA) is 66.9 Å². The summed E-state index contributed by atoms with van der Waals surface area (Å²) < 4.78 is 5.31. The molecule has 1 saturated carbocycles. The quantitative estimate of drug-likeness (QED) is 0.663. The summed E-state index contributed by atoms with van der Waals surface area (Å²) in [6.07, 6.45) is 9.96. The predicted octanol–water partition coefficient (Wildman–Crippen LogP) is 3.41. The third-order valence-corrected chi connectivity index (χ3v) is 5.82. The van der Waals surface area contributed by atoms with Crippen LogP contribution in [0.2, 0.25) is 0 Å². The van der Waals surface area contributed by atoms with Gasteiger partial charge in [-0.1, -0.05) is 18.2 Å². The second-order valence-corrected chi connectivity index (χ2v) is 8.13. The fourth-order valence-corrected chi connectivity index (χ4v) is 4.09. The maximum atomic E-state index is 12.7. The lowest BCUT2D eigenvalue weighted by Gasteiger charge is -2.27. The Morgan fingerprint density at radius 2 is 1.86 bits per heavy atom. The lowest BCUT2D eigenvalue weighted by Crippen LogP contribution is -2.36. The number of allylic oxidation sites excluding steroid dienone is 2. The molecule has 29 heavy (non-hydrogen) atoms. The van der Waals surface area contributed by atoms with Crippen LogP contribution in [-0.2, 0) is 20.9 Å². The fraction of sp³-hybridized carbons (Fsp3) is 0.522. The van der Waals surface area contributed by atoms with Gasteiger partial charge in [-0.25, -0.2) is 4.79 Å². The molecule has 1 heterocycles. The monoisotopic (exact) mass is 396 g/mol. The van der Waals surface area contributed by atoms with Gasteiger partial charge in [0.25, 0.3) is 5.91 Å². The molecule has 0 N–H and O–H groups in total. The number of hydrogen-bond donors (Lipinski definition) is 0. The zero-order valence-corrected chi connectivity index (χ0v) is 16.8. The molecule has 2 fully saturated rings. The third kappa shape index (κ3) is 4.86. The highest BCUT2D eigenvalue weighted by Gasteiger charge is 2.35. The van der Waals surface area contributed by atoms with Crippen molar-refractivity contribution in [2.75, 3.05) is 13.2 Å². The smallest absolute Gasteiger partial charge is 0.338 e. The van der Waals surface area contributed by atoms with Gasteiger partial charge in [0.2, 0.25) is 5.91 Å². The molecule has 0 unspecified atom stereocenters. The van der Waals surface area contributed by atoms with E-state index in [1.165, 1.54) is 6.42 Å². The molecular formula is C23H28N2O4. The SMILES string of the molecule is O=C(OCC(=O)N(C1=CCCCC1)C1CC1)c1ccc(CN2CCCC2=O)cc1. The lowest BCUT2D eigenvalue weighted by atomic mass is 10.0. The standard InChI is InChI=1S/C23H28N2O4/c26-21-7-4-14-24(21)15-17-8-10-18(11-9-17)23(28)29-16-22(27)25(20-12-13-20)19-5-2-1-3-6-19/h5,8-11,20H,1-4,6-7,12-16H2. The van der Waals surface area contributed by atoms with Crippen molar-refractivity contribution in [1.82, 2.24) is 9.80 Å². The molecule has 6 heteroatoms. The molecule has 0 aromatic heterocycles. The van der Waals surface area contributed by atoms with Gasteiger partial charge in [-0.15, -0.1) is 0 Å². The normalized spacial score (nSPS) is 19.1. The second kappa shape index (κ2) is 8.80. The molecule has 1 aromatic rings. The number of benzene rings is 1. The van der Waals surface area contributed by atoms with E-state index >= 15 is 0 Å². The number of hydrogen-bond acceptors (Lipinski definition) is 4. The first kappa shape index (κ1) is 19.7. The Labute approximate surface area is 171 Å². The summed E-state index contributed by atoms with van der Waals surface area (Å²) in [5.41, 5.74) is 2.50. The zero-order chi connectivity index (χ0) is 20.2. The predicted molar refractivity (Wildman–Crippen MR) is 108 cm³/mol. The van der Waals surface area contributed by atoms with Crippen molar-refractivity contribution in [3.63, 3.8) is 0 Å². The third-order valence-electron chi connectivity index (χ3n) is 5.82. The molecule has 0 atom stereocenters. The Bertz CT molecular complexity index is 811. The molecule has 0 bridgehead atoms. The van der Waals surface area contributed by atoms with Crippen molar-refractivity contribution in [2.45, 2.75) is 64.0 Å². The van der Waals surface area contributed by atoms with Crippen molar-refractivity contribution in [3.8, 4) is 0 Å². The summed E-state index contributed by atoms with van der Waals surface area (Å²) in [7, 11) is 0. The van der Waals surface area contributed by atoms with Crippen LogP contribution in [0, 0.1) is 0 Å². The van der Waals surface area contributed by atoms with Gasteiger partial charge in [0.1, 0.15) is 0 Å². The summed E-state index contributed by atoms with van der Waals surface area (Å²) in [5, 5.41) is 0. The van der Waals surface area contributed by atoms with Crippen LogP contribution in [0.25, 0.3) is 0 Å². The van der Waals surface area contributed by atoms with E-state index in [1.54, 1.807) is 12.1 Å². The Hall–Kier alpha value is -2.63. The van der Waals surface area contributed by atoms with E-state index in [2.05, 4.69) is 6.08 Å². The van der Waals surface area contributed by atoms with Crippen LogP contribution in [0.15, 0.2) is 36.0 Å². The summed E-state index contributed by atoms with van der Waals surface area (Å²) in [6, 6.07) is 7.36. The summed E-state index contributed by atoms with van der Waals surface area (Å²) in [6.45, 7) is 1.13. The maximum Gasteiger partial charge on any atom is 0.338 e. The first-order chi connectivity index (χ1) is 14.1. The molecular weight excluding hydrogens is 368 g/mol. The van der Waals surface area contributed by atoms with Crippen LogP contribution < -0.4 is 0 Å². The highest BCUT2D eigenvalue weighted by atomic mass is 16.5. The lowest BCUT2D eigenvalue weighted by molar-refractivity contribution is -0.133. The van der Waals surface area contributed by atoms with Gasteiger partial charge in [-0.05, 0) is 62.6 Å². The summed E-state index contributed by atoms with van der Waals surface area (Å²) in [4.78, 5) is 40.5. The van der Waals surface area contributed by atoms with E-state index in [4.69, 9.17) is 4.74 Å².